The van der Waals surface area contributed by atoms with Crippen molar-refractivity contribution in [3.8, 4) is 5.69 Å². The lowest BCUT2D eigenvalue weighted by molar-refractivity contribution is -0.118. The number of carbonyl (C=O) groups excluding carboxylic acids is 1. The summed E-state index contributed by atoms with van der Waals surface area (Å²) in [4.78, 5) is 15.7. The molecule has 1 aromatic carbocycles. The minimum Gasteiger partial charge on any atom is -0.326 e. The van der Waals surface area contributed by atoms with Crippen molar-refractivity contribution in [3.05, 3.63) is 43.0 Å². The Kier molecular flexibility index (Phi) is 3.99. The lowest BCUT2D eigenvalue weighted by Crippen LogP contribution is -2.21. The molecule has 1 amide bonds. The molecular formula is C13H14ClN3O. The van der Waals surface area contributed by atoms with Crippen LogP contribution in [0.5, 0.6) is 0 Å². The molecule has 1 heterocycles. The summed E-state index contributed by atoms with van der Waals surface area (Å²) in [7, 11) is 0. The number of hydrogen-bond donors (Lipinski definition) is 1. The molecule has 0 spiro atoms. The van der Waals surface area contributed by atoms with Crippen molar-refractivity contribution in [1.82, 2.24) is 9.55 Å². The van der Waals surface area contributed by atoms with Gasteiger partial charge in [0.25, 0.3) is 0 Å². The van der Waals surface area contributed by atoms with Crippen LogP contribution in [-0.2, 0) is 4.79 Å². The highest BCUT2D eigenvalue weighted by Gasteiger charge is 2.11. The van der Waals surface area contributed by atoms with Gasteiger partial charge in [-0.05, 0) is 18.2 Å². The summed E-state index contributed by atoms with van der Waals surface area (Å²) in [5.74, 6) is 0.0314. The number of rotatable bonds is 4. The molecule has 2 aromatic rings. The summed E-state index contributed by atoms with van der Waals surface area (Å²) in [6.45, 7) is 1.79. The highest BCUT2D eigenvalue weighted by molar-refractivity contribution is 6.19. The second kappa shape index (κ2) is 5.69. The Morgan fingerprint density at radius 3 is 3.06 bits per heavy atom. The van der Waals surface area contributed by atoms with Gasteiger partial charge in [-0.2, -0.15) is 0 Å². The fraction of sp³-hybridized carbons (Fsp3) is 0.231. The smallest absolute Gasteiger partial charge is 0.228 e. The number of carbonyl (C=O) groups is 1. The van der Waals surface area contributed by atoms with Crippen molar-refractivity contribution in [1.29, 1.82) is 0 Å². The van der Waals surface area contributed by atoms with Crippen molar-refractivity contribution in [3.63, 3.8) is 0 Å². The molecule has 94 valence electrons. The topological polar surface area (TPSA) is 46.9 Å². The SMILES string of the molecule is CC(CCl)C(=O)Nc1cccc(-n2ccnc2)c1. The first kappa shape index (κ1) is 12.6. The van der Waals surface area contributed by atoms with Crippen LogP contribution in [0.4, 0.5) is 5.69 Å². The molecule has 0 saturated carbocycles. The molecule has 2 rings (SSSR count). The largest absolute Gasteiger partial charge is 0.326 e. The predicted molar refractivity (Wildman–Crippen MR) is 72.1 cm³/mol. The fourth-order valence-corrected chi connectivity index (χ4v) is 1.63. The molecule has 4 nitrogen and oxygen atoms in total. The van der Waals surface area contributed by atoms with Crippen molar-refractivity contribution in [2.24, 2.45) is 5.92 Å². The maximum absolute atomic E-state index is 11.7. The van der Waals surface area contributed by atoms with E-state index >= 15 is 0 Å². The molecule has 1 aromatic heterocycles. The summed E-state index contributed by atoms with van der Waals surface area (Å²) in [5, 5.41) is 2.84. The Bertz CT molecular complexity index is 525. The summed E-state index contributed by atoms with van der Waals surface area (Å²) in [6, 6.07) is 7.57. The van der Waals surface area contributed by atoms with Gasteiger partial charge < -0.3 is 9.88 Å². The monoisotopic (exact) mass is 263 g/mol. The quantitative estimate of drug-likeness (QED) is 0.862. The molecule has 1 atom stereocenters. The second-order valence-electron chi connectivity index (χ2n) is 4.06. The summed E-state index contributed by atoms with van der Waals surface area (Å²) in [5.41, 5.74) is 1.70. The molecule has 0 aliphatic carbocycles. The number of alkyl halides is 1. The molecule has 0 aliphatic heterocycles. The maximum atomic E-state index is 11.7. The van der Waals surface area contributed by atoms with E-state index in [1.807, 2.05) is 35.0 Å². The zero-order valence-corrected chi connectivity index (χ0v) is 10.8. The molecule has 5 heteroatoms. The third-order valence-corrected chi connectivity index (χ3v) is 3.06. The average molecular weight is 264 g/mol. The van der Waals surface area contributed by atoms with Crippen molar-refractivity contribution in [2.75, 3.05) is 11.2 Å². The highest BCUT2D eigenvalue weighted by atomic mass is 35.5. The van der Waals surface area contributed by atoms with Crippen molar-refractivity contribution in [2.45, 2.75) is 6.92 Å². The Labute approximate surface area is 111 Å². The van der Waals surface area contributed by atoms with Gasteiger partial charge in [0.05, 0.1) is 6.33 Å². The minimum atomic E-state index is -0.205. The van der Waals surface area contributed by atoms with Crippen LogP contribution in [0.15, 0.2) is 43.0 Å². The van der Waals surface area contributed by atoms with Crippen LogP contribution in [0.1, 0.15) is 6.92 Å². The molecule has 0 radical (unpaired) electrons. The molecule has 0 saturated heterocycles. The number of benzene rings is 1. The van der Waals surface area contributed by atoms with Crippen molar-refractivity contribution < 1.29 is 4.79 Å². The summed E-state index contributed by atoms with van der Waals surface area (Å²) < 4.78 is 1.88. The number of nitrogens with one attached hydrogen (secondary N) is 1. The number of halogens is 1. The number of nitrogens with zero attached hydrogens (tertiary/aromatic N) is 2. The van der Waals surface area contributed by atoms with Crippen molar-refractivity contribution >= 4 is 23.2 Å². The summed E-state index contributed by atoms with van der Waals surface area (Å²) in [6.07, 6.45) is 5.27. The van der Waals surface area contributed by atoms with E-state index in [1.165, 1.54) is 0 Å². The first-order valence-corrected chi connectivity index (χ1v) is 6.19. The Morgan fingerprint density at radius 1 is 1.56 bits per heavy atom. The van der Waals surface area contributed by atoms with E-state index in [0.29, 0.717) is 5.88 Å². The maximum Gasteiger partial charge on any atom is 0.228 e. The molecule has 18 heavy (non-hydrogen) atoms. The van der Waals surface area contributed by atoms with E-state index < -0.39 is 0 Å². The lowest BCUT2D eigenvalue weighted by Gasteiger charge is -2.10. The van der Waals surface area contributed by atoms with Gasteiger partial charge in [0.2, 0.25) is 5.91 Å². The van der Waals surface area contributed by atoms with Crippen LogP contribution >= 0.6 is 11.6 Å². The van der Waals surface area contributed by atoms with Crippen LogP contribution in [0.3, 0.4) is 0 Å². The highest BCUT2D eigenvalue weighted by Crippen LogP contribution is 2.15. The number of imidazole rings is 1. The van der Waals surface area contributed by atoms with Gasteiger partial charge in [0, 0.05) is 35.6 Å². The van der Waals surface area contributed by atoms with E-state index in [2.05, 4.69) is 10.3 Å². The van der Waals surface area contributed by atoms with E-state index in [0.717, 1.165) is 11.4 Å². The number of amides is 1. The minimum absolute atomic E-state index is 0.0761. The van der Waals surface area contributed by atoms with Gasteiger partial charge in [-0.25, -0.2) is 4.98 Å². The lowest BCUT2D eigenvalue weighted by atomic mass is 10.2. The molecule has 0 aliphatic rings. The van der Waals surface area contributed by atoms with E-state index in [-0.39, 0.29) is 11.8 Å². The molecule has 1 unspecified atom stereocenters. The molecule has 0 fully saturated rings. The van der Waals surface area contributed by atoms with Crippen LogP contribution in [0.2, 0.25) is 0 Å². The first-order chi connectivity index (χ1) is 8.70. The van der Waals surface area contributed by atoms with Gasteiger partial charge >= 0.3 is 0 Å². The first-order valence-electron chi connectivity index (χ1n) is 5.66. The van der Waals surface area contributed by atoms with Gasteiger partial charge in [-0.1, -0.05) is 13.0 Å². The van der Waals surface area contributed by atoms with E-state index in [9.17, 15) is 4.79 Å². The molecule has 0 bridgehead atoms. The van der Waals surface area contributed by atoms with Crippen LogP contribution in [0, 0.1) is 5.92 Å². The van der Waals surface area contributed by atoms with Gasteiger partial charge in [-0.3, -0.25) is 4.79 Å². The van der Waals surface area contributed by atoms with Gasteiger partial charge in [0.1, 0.15) is 0 Å². The van der Waals surface area contributed by atoms with Crippen LogP contribution in [0.25, 0.3) is 5.69 Å². The average Bonchev–Trinajstić information content (AvgIpc) is 2.92. The number of hydrogen-bond acceptors (Lipinski definition) is 2. The Balaban J connectivity index is 2.16. The normalized spacial score (nSPS) is 12.1. The van der Waals surface area contributed by atoms with Crippen LogP contribution in [-0.4, -0.2) is 21.3 Å². The van der Waals surface area contributed by atoms with Gasteiger partial charge in [0.15, 0.2) is 0 Å². The van der Waals surface area contributed by atoms with E-state index in [1.54, 1.807) is 19.4 Å². The molecular weight excluding hydrogens is 250 g/mol. The van der Waals surface area contributed by atoms with Crippen LogP contribution < -0.4 is 5.32 Å². The van der Waals surface area contributed by atoms with Gasteiger partial charge in [-0.15, -0.1) is 11.6 Å². The standard InChI is InChI=1S/C13H14ClN3O/c1-10(8-14)13(18)16-11-3-2-4-12(7-11)17-6-5-15-9-17/h2-7,9-10H,8H2,1H3,(H,16,18). The number of anilines is 1. The Morgan fingerprint density at radius 2 is 2.39 bits per heavy atom. The zero-order chi connectivity index (χ0) is 13.0. The second-order valence-corrected chi connectivity index (χ2v) is 4.37. The molecule has 1 N–H and O–H groups in total. The Hall–Kier alpha value is -1.81. The van der Waals surface area contributed by atoms with E-state index in [4.69, 9.17) is 11.6 Å². The third-order valence-electron chi connectivity index (χ3n) is 2.60. The fourth-order valence-electron chi connectivity index (χ4n) is 1.49. The summed E-state index contributed by atoms with van der Waals surface area (Å²) >= 11 is 5.65. The zero-order valence-electron chi connectivity index (χ0n) is 10.0. The number of aromatic nitrogens is 2. The predicted octanol–water partition coefficient (Wildman–Crippen LogP) is 2.69. The third kappa shape index (κ3) is 2.90.